The van der Waals surface area contributed by atoms with Gasteiger partial charge in [0.2, 0.25) is 0 Å². The summed E-state index contributed by atoms with van der Waals surface area (Å²) in [6, 6.07) is 0. The summed E-state index contributed by atoms with van der Waals surface area (Å²) in [7, 11) is 2.27. The Labute approximate surface area is 107 Å². The van der Waals surface area contributed by atoms with Gasteiger partial charge in [0.05, 0.1) is 0 Å². The van der Waals surface area contributed by atoms with Crippen LogP contribution in [-0.2, 0) is 4.79 Å². The summed E-state index contributed by atoms with van der Waals surface area (Å²) in [6.07, 6.45) is 14.6. The van der Waals surface area contributed by atoms with E-state index < -0.39 is 0 Å². The van der Waals surface area contributed by atoms with E-state index in [1.54, 1.807) is 12.5 Å². The van der Waals surface area contributed by atoms with E-state index in [0.717, 1.165) is 18.8 Å². The smallest absolute Gasteiger partial charge is 0.129 e. The minimum absolute atomic E-state index is 0.322. The molecule has 0 amide bonds. The van der Waals surface area contributed by atoms with Crippen molar-refractivity contribution in [2.45, 2.75) is 58.6 Å². The predicted molar refractivity (Wildman–Crippen MR) is 75.5 cm³/mol. The number of allylic oxidation sites excluding steroid dienone is 4. The normalized spacial score (nSPS) is 18.9. The molecule has 0 N–H and O–H groups in total. The van der Waals surface area contributed by atoms with E-state index in [-0.39, 0.29) is 0 Å². The molecular formula is C15H24BO. The Morgan fingerprint density at radius 3 is 2.94 bits per heavy atom. The van der Waals surface area contributed by atoms with Crippen LogP contribution in [-0.4, -0.2) is 13.1 Å². The molecule has 0 saturated heterocycles. The molecule has 0 aliphatic heterocycles. The molecule has 1 radical (unpaired) electrons. The fourth-order valence-electron chi connectivity index (χ4n) is 2.42. The molecular weight excluding hydrogens is 207 g/mol. The Morgan fingerprint density at radius 2 is 2.24 bits per heavy atom. The maximum absolute atomic E-state index is 10.8. The molecule has 0 aromatic rings. The monoisotopic (exact) mass is 231 g/mol. The Balaban J connectivity index is 2.22. The van der Waals surface area contributed by atoms with Crippen LogP contribution in [0.25, 0.3) is 0 Å². The van der Waals surface area contributed by atoms with Crippen LogP contribution in [0.15, 0.2) is 23.8 Å². The lowest BCUT2D eigenvalue weighted by Crippen LogP contribution is -2.08. The summed E-state index contributed by atoms with van der Waals surface area (Å²) < 4.78 is 0. The van der Waals surface area contributed by atoms with E-state index in [2.05, 4.69) is 32.3 Å². The number of rotatable bonds is 8. The van der Waals surface area contributed by atoms with E-state index >= 15 is 0 Å². The van der Waals surface area contributed by atoms with Gasteiger partial charge in [-0.1, -0.05) is 43.4 Å². The average molecular weight is 231 g/mol. The quantitative estimate of drug-likeness (QED) is 0.452. The van der Waals surface area contributed by atoms with E-state index in [1.807, 2.05) is 0 Å². The highest BCUT2D eigenvalue weighted by molar-refractivity contribution is 6.33. The van der Waals surface area contributed by atoms with Crippen molar-refractivity contribution in [1.82, 2.24) is 0 Å². The number of hydrogen-bond donors (Lipinski definition) is 0. The van der Waals surface area contributed by atoms with Crippen molar-refractivity contribution in [3.8, 4) is 0 Å². The van der Waals surface area contributed by atoms with Gasteiger partial charge < -0.3 is 4.79 Å². The lowest BCUT2D eigenvalue weighted by molar-refractivity contribution is -0.117. The minimum Gasteiger partial charge on any atom is -0.300 e. The second kappa shape index (κ2) is 8.33. The highest BCUT2D eigenvalue weighted by Gasteiger charge is 2.13. The predicted octanol–water partition coefficient (Wildman–Crippen LogP) is 4.20. The van der Waals surface area contributed by atoms with Gasteiger partial charge in [0.1, 0.15) is 13.1 Å². The van der Waals surface area contributed by atoms with Gasteiger partial charge in [0.25, 0.3) is 0 Å². The summed E-state index contributed by atoms with van der Waals surface area (Å²) in [4.78, 5) is 10.8. The first-order chi connectivity index (χ1) is 8.24. The number of unbranched alkanes of at least 4 members (excludes halogenated alkanes) is 2. The highest BCUT2D eigenvalue weighted by atomic mass is 16.1. The first-order valence-corrected chi connectivity index (χ1v) is 6.87. The number of carbonyl (C=O) groups excluding carboxylic acids is 1. The van der Waals surface area contributed by atoms with Crippen molar-refractivity contribution < 1.29 is 4.79 Å². The SMILES string of the molecule is C[B]CC1CC=CC=C1CCCCCC(C)=O. The van der Waals surface area contributed by atoms with Crippen LogP contribution in [0, 0.1) is 5.92 Å². The number of hydrogen-bond acceptors (Lipinski definition) is 1. The van der Waals surface area contributed by atoms with Crippen molar-refractivity contribution in [3.05, 3.63) is 23.8 Å². The summed E-state index contributed by atoms with van der Waals surface area (Å²) in [6.45, 7) is 3.82. The molecule has 0 aromatic carbocycles. The van der Waals surface area contributed by atoms with Crippen LogP contribution in [0.2, 0.25) is 13.1 Å². The van der Waals surface area contributed by atoms with Crippen LogP contribution in [0.5, 0.6) is 0 Å². The van der Waals surface area contributed by atoms with Crippen LogP contribution in [0.3, 0.4) is 0 Å². The van der Waals surface area contributed by atoms with Crippen molar-refractivity contribution in [2.75, 3.05) is 0 Å². The Morgan fingerprint density at radius 1 is 1.41 bits per heavy atom. The van der Waals surface area contributed by atoms with Crippen LogP contribution >= 0.6 is 0 Å². The van der Waals surface area contributed by atoms with Gasteiger partial charge >= 0.3 is 0 Å². The van der Waals surface area contributed by atoms with E-state index in [9.17, 15) is 4.79 Å². The molecule has 93 valence electrons. The maximum Gasteiger partial charge on any atom is 0.129 e. The molecule has 1 atom stereocenters. The molecule has 1 aliphatic carbocycles. The second-order valence-electron chi connectivity index (χ2n) is 5.01. The summed E-state index contributed by atoms with van der Waals surface area (Å²) in [5.41, 5.74) is 1.61. The lowest BCUT2D eigenvalue weighted by Gasteiger charge is -2.21. The zero-order chi connectivity index (χ0) is 12.5. The number of Topliss-reactive ketones (excluding diaryl/α,β-unsaturated/α-hetero) is 1. The van der Waals surface area contributed by atoms with Crippen LogP contribution < -0.4 is 0 Å². The van der Waals surface area contributed by atoms with Gasteiger partial charge in [-0.25, -0.2) is 0 Å². The molecule has 0 saturated carbocycles. The van der Waals surface area contributed by atoms with Gasteiger partial charge in [-0.2, -0.15) is 0 Å². The van der Waals surface area contributed by atoms with Crippen LogP contribution in [0.1, 0.15) is 45.4 Å². The van der Waals surface area contributed by atoms with E-state index in [4.69, 9.17) is 0 Å². The lowest BCUT2D eigenvalue weighted by atomic mass is 9.68. The first-order valence-electron chi connectivity index (χ1n) is 6.87. The molecule has 1 rings (SSSR count). The van der Waals surface area contributed by atoms with Crippen LogP contribution in [0.4, 0.5) is 0 Å². The summed E-state index contributed by atoms with van der Waals surface area (Å²) in [5.74, 6) is 1.06. The molecule has 2 heteroatoms. The Hall–Kier alpha value is -0.785. The second-order valence-corrected chi connectivity index (χ2v) is 5.01. The third kappa shape index (κ3) is 5.90. The van der Waals surface area contributed by atoms with Crippen molar-refractivity contribution in [3.63, 3.8) is 0 Å². The molecule has 1 nitrogen and oxygen atoms in total. The Kier molecular flexibility index (Phi) is 6.99. The fourth-order valence-corrected chi connectivity index (χ4v) is 2.42. The minimum atomic E-state index is 0.322. The molecule has 0 bridgehead atoms. The largest absolute Gasteiger partial charge is 0.300 e. The van der Waals surface area contributed by atoms with Gasteiger partial charge in [-0.15, -0.1) is 0 Å². The topological polar surface area (TPSA) is 17.1 Å². The van der Waals surface area contributed by atoms with Crippen molar-refractivity contribution >= 4 is 13.1 Å². The molecule has 0 fully saturated rings. The zero-order valence-corrected chi connectivity index (χ0v) is 11.2. The summed E-state index contributed by atoms with van der Waals surface area (Å²) in [5, 5.41) is 0. The zero-order valence-electron chi connectivity index (χ0n) is 11.2. The van der Waals surface area contributed by atoms with Gasteiger partial charge in [0.15, 0.2) is 0 Å². The molecule has 1 unspecified atom stereocenters. The standard InChI is InChI=1S/C15H24BO/c1-13(17)8-4-3-5-9-14-10-6-7-11-15(14)12-16-2/h6-7,10,15H,3-5,8-9,11-12H2,1-2H3. The Bertz CT molecular complexity index is 291. The molecule has 0 heterocycles. The van der Waals surface area contributed by atoms with Gasteiger partial charge in [-0.3, -0.25) is 0 Å². The molecule has 0 spiro atoms. The number of ketones is 1. The number of carbonyl (C=O) groups is 1. The van der Waals surface area contributed by atoms with Crippen molar-refractivity contribution in [2.24, 2.45) is 5.92 Å². The third-order valence-electron chi connectivity index (χ3n) is 3.41. The highest BCUT2D eigenvalue weighted by Crippen LogP contribution is 2.28. The molecule has 0 aromatic heterocycles. The fraction of sp³-hybridized carbons (Fsp3) is 0.667. The maximum atomic E-state index is 10.8. The van der Waals surface area contributed by atoms with Crippen molar-refractivity contribution in [1.29, 1.82) is 0 Å². The van der Waals surface area contributed by atoms with E-state index in [0.29, 0.717) is 5.78 Å². The van der Waals surface area contributed by atoms with Gasteiger partial charge in [-0.05, 0) is 38.5 Å². The van der Waals surface area contributed by atoms with E-state index in [1.165, 1.54) is 32.0 Å². The first kappa shape index (κ1) is 14.3. The van der Waals surface area contributed by atoms with Gasteiger partial charge in [0, 0.05) is 6.42 Å². The average Bonchev–Trinajstić information content (AvgIpc) is 2.31. The molecule has 17 heavy (non-hydrogen) atoms. The molecule has 1 aliphatic rings. The third-order valence-corrected chi connectivity index (χ3v) is 3.41. The summed E-state index contributed by atoms with van der Waals surface area (Å²) >= 11 is 0.